The third-order valence-electron chi connectivity index (χ3n) is 4.34. The Morgan fingerprint density at radius 3 is 2.00 bits per heavy atom. The van der Waals surface area contributed by atoms with Crippen LogP contribution in [0.25, 0.3) is 11.3 Å². The fourth-order valence-electron chi connectivity index (χ4n) is 2.88. The lowest BCUT2D eigenvalue weighted by Crippen LogP contribution is -2.08. The van der Waals surface area contributed by atoms with E-state index in [4.69, 9.17) is 4.98 Å². The number of nitrogens with zero attached hydrogens (tertiary/aromatic N) is 2. The number of carbonyl (C=O) groups is 1. The van der Waals surface area contributed by atoms with E-state index in [1.54, 1.807) is 0 Å². The molecule has 0 fully saturated rings. The molecule has 0 saturated heterocycles. The molecule has 0 atom stereocenters. The standard InChI is InChI=1S/C23H18N2OS/c1-25(19-15-9-4-10-16-19)23-24-20(17-11-5-2-6-12-17)22(27-23)21(26)18-13-7-3-8-14-18/h2-16H,1H3. The van der Waals surface area contributed by atoms with E-state index in [9.17, 15) is 4.79 Å². The Kier molecular flexibility index (Phi) is 4.81. The van der Waals surface area contributed by atoms with Crippen molar-refractivity contribution in [3.05, 3.63) is 101 Å². The SMILES string of the molecule is CN(c1ccccc1)c1nc(-c2ccccc2)c(C(=O)c2ccccc2)s1. The van der Waals surface area contributed by atoms with Crippen molar-refractivity contribution in [2.75, 3.05) is 11.9 Å². The number of hydrogen-bond donors (Lipinski definition) is 0. The molecule has 0 spiro atoms. The van der Waals surface area contributed by atoms with Gasteiger partial charge in [0.2, 0.25) is 5.78 Å². The van der Waals surface area contributed by atoms with E-state index in [1.807, 2.05) is 103 Å². The van der Waals surface area contributed by atoms with Crippen molar-refractivity contribution in [3.63, 3.8) is 0 Å². The Morgan fingerprint density at radius 2 is 1.37 bits per heavy atom. The number of hydrogen-bond acceptors (Lipinski definition) is 4. The van der Waals surface area contributed by atoms with E-state index < -0.39 is 0 Å². The molecule has 4 heteroatoms. The number of thiazole rings is 1. The van der Waals surface area contributed by atoms with Crippen LogP contribution in [-0.2, 0) is 0 Å². The summed E-state index contributed by atoms with van der Waals surface area (Å²) in [6.07, 6.45) is 0. The number of rotatable bonds is 5. The summed E-state index contributed by atoms with van der Waals surface area (Å²) in [4.78, 5) is 20.7. The highest BCUT2D eigenvalue weighted by Crippen LogP contribution is 2.36. The van der Waals surface area contributed by atoms with Crippen LogP contribution < -0.4 is 4.90 Å². The molecule has 0 amide bonds. The van der Waals surface area contributed by atoms with E-state index in [1.165, 1.54) is 11.3 Å². The molecule has 0 aliphatic rings. The van der Waals surface area contributed by atoms with Gasteiger partial charge in [-0.3, -0.25) is 4.79 Å². The number of ketones is 1. The lowest BCUT2D eigenvalue weighted by molar-refractivity contribution is 0.104. The van der Waals surface area contributed by atoms with Gasteiger partial charge in [-0.05, 0) is 12.1 Å². The van der Waals surface area contributed by atoms with Crippen LogP contribution >= 0.6 is 11.3 Å². The zero-order chi connectivity index (χ0) is 18.6. The first-order chi connectivity index (χ1) is 13.2. The van der Waals surface area contributed by atoms with Crippen molar-refractivity contribution in [2.24, 2.45) is 0 Å². The minimum atomic E-state index is -0.000310. The third kappa shape index (κ3) is 3.52. The minimum Gasteiger partial charge on any atom is -0.321 e. The molecule has 4 aromatic rings. The van der Waals surface area contributed by atoms with Gasteiger partial charge in [-0.2, -0.15) is 0 Å². The smallest absolute Gasteiger partial charge is 0.205 e. The molecule has 132 valence electrons. The molecule has 0 N–H and O–H groups in total. The molecule has 0 aliphatic heterocycles. The largest absolute Gasteiger partial charge is 0.321 e. The van der Waals surface area contributed by atoms with Gasteiger partial charge in [-0.1, -0.05) is 90.2 Å². The van der Waals surface area contributed by atoms with Crippen molar-refractivity contribution >= 4 is 27.9 Å². The van der Waals surface area contributed by atoms with Crippen LogP contribution in [0.1, 0.15) is 15.2 Å². The predicted octanol–water partition coefficient (Wildman–Crippen LogP) is 5.81. The van der Waals surface area contributed by atoms with E-state index in [0.29, 0.717) is 10.4 Å². The first-order valence-electron chi connectivity index (χ1n) is 8.69. The van der Waals surface area contributed by atoms with Gasteiger partial charge in [-0.25, -0.2) is 4.98 Å². The molecule has 1 heterocycles. The Morgan fingerprint density at radius 1 is 0.815 bits per heavy atom. The number of carbonyl (C=O) groups excluding carboxylic acids is 1. The van der Waals surface area contributed by atoms with Crippen LogP contribution in [0.4, 0.5) is 10.8 Å². The Bertz CT molecular complexity index is 1040. The molecule has 0 aliphatic carbocycles. The van der Waals surface area contributed by atoms with Gasteiger partial charge in [0.1, 0.15) is 4.88 Å². The summed E-state index contributed by atoms with van der Waals surface area (Å²) in [5, 5.41) is 0.791. The number of para-hydroxylation sites is 1. The maximum atomic E-state index is 13.2. The maximum absolute atomic E-state index is 13.2. The van der Waals surface area contributed by atoms with E-state index in [0.717, 1.165) is 22.1 Å². The van der Waals surface area contributed by atoms with Crippen molar-refractivity contribution in [2.45, 2.75) is 0 Å². The average Bonchev–Trinajstić information content (AvgIpc) is 3.20. The van der Waals surface area contributed by atoms with Gasteiger partial charge in [0, 0.05) is 23.9 Å². The lowest BCUT2D eigenvalue weighted by Gasteiger charge is -2.15. The second-order valence-corrected chi connectivity index (χ2v) is 7.11. The number of anilines is 2. The zero-order valence-electron chi connectivity index (χ0n) is 14.9. The van der Waals surface area contributed by atoms with Crippen molar-refractivity contribution < 1.29 is 4.79 Å². The van der Waals surface area contributed by atoms with Crippen LogP contribution in [0.3, 0.4) is 0 Å². The van der Waals surface area contributed by atoms with Crippen LogP contribution in [0.5, 0.6) is 0 Å². The molecule has 27 heavy (non-hydrogen) atoms. The van der Waals surface area contributed by atoms with Crippen LogP contribution in [0.15, 0.2) is 91.0 Å². The fourth-order valence-corrected chi connectivity index (χ4v) is 3.91. The van der Waals surface area contributed by atoms with E-state index in [2.05, 4.69) is 0 Å². The van der Waals surface area contributed by atoms with Crippen LogP contribution in [-0.4, -0.2) is 17.8 Å². The molecule has 0 radical (unpaired) electrons. The van der Waals surface area contributed by atoms with Crippen LogP contribution in [0.2, 0.25) is 0 Å². The molecule has 0 bridgehead atoms. The molecule has 3 aromatic carbocycles. The number of aromatic nitrogens is 1. The fraction of sp³-hybridized carbons (Fsp3) is 0.0435. The molecule has 3 nitrogen and oxygen atoms in total. The summed E-state index contributed by atoms with van der Waals surface area (Å²) >= 11 is 1.43. The van der Waals surface area contributed by atoms with Gasteiger partial charge >= 0.3 is 0 Å². The summed E-state index contributed by atoms with van der Waals surface area (Å²) in [5.41, 5.74) is 3.38. The minimum absolute atomic E-state index is 0.000310. The highest BCUT2D eigenvalue weighted by molar-refractivity contribution is 7.18. The molecular weight excluding hydrogens is 352 g/mol. The highest BCUT2D eigenvalue weighted by atomic mass is 32.1. The molecule has 1 aromatic heterocycles. The number of benzene rings is 3. The van der Waals surface area contributed by atoms with Crippen molar-refractivity contribution in [1.29, 1.82) is 0 Å². The maximum Gasteiger partial charge on any atom is 0.205 e. The second-order valence-electron chi connectivity index (χ2n) is 6.13. The van der Waals surface area contributed by atoms with Crippen LogP contribution in [0, 0.1) is 0 Å². The molecule has 4 rings (SSSR count). The van der Waals surface area contributed by atoms with Crippen molar-refractivity contribution in [3.8, 4) is 11.3 Å². The highest BCUT2D eigenvalue weighted by Gasteiger charge is 2.22. The lowest BCUT2D eigenvalue weighted by atomic mass is 10.1. The van der Waals surface area contributed by atoms with Gasteiger partial charge in [0.15, 0.2) is 5.13 Å². The third-order valence-corrected chi connectivity index (χ3v) is 5.47. The van der Waals surface area contributed by atoms with Gasteiger partial charge in [-0.15, -0.1) is 0 Å². The Balaban J connectivity index is 1.82. The average molecular weight is 370 g/mol. The monoisotopic (exact) mass is 370 g/mol. The first-order valence-corrected chi connectivity index (χ1v) is 9.50. The topological polar surface area (TPSA) is 33.2 Å². The zero-order valence-corrected chi connectivity index (χ0v) is 15.7. The summed E-state index contributed by atoms with van der Waals surface area (Å²) in [6, 6.07) is 29.3. The van der Waals surface area contributed by atoms with E-state index >= 15 is 0 Å². The van der Waals surface area contributed by atoms with E-state index in [-0.39, 0.29) is 5.78 Å². The van der Waals surface area contributed by atoms with Gasteiger partial charge in [0.05, 0.1) is 5.69 Å². The molecule has 0 unspecified atom stereocenters. The second kappa shape index (κ2) is 7.56. The molecule has 0 saturated carbocycles. The molecular formula is C23H18N2OS. The normalized spacial score (nSPS) is 10.6. The summed E-state index contributed by atoms with van der Waals surface area (Å²) in [6.45, 7) is 0. The van der Waals surface area contributed by atoms with Crippen molar-refractivity contribution in [1.82, 2.24) is 4.98 Å². The quantitative estimate of drug-likeness (QED) is 0.416. The Labute approximate surface area is 162 Å². The predicted molar refractivity (Wildman–Crippen MR) is 112 cm³/mol. The van der Waals surface area contributed by atoms with Gasteiger partial charge < -0.3 is 4.90 Å². The van der Waals surface area contributed by atoms with Gasteiger partial charge in [0.25, 0.3) is 0 Å². The summed E-state index contributed by atoms with van der Waals surface area (Å²) < 4.78 is 0. The first kappa shape index (κ1) is 17.2. The summed E-state index contributed by atoms with van der Waals surface area (Å²) in [5.74, 6) is -0.000310. The Hall–Kier alpha value is -3.24. The summed E-state index contributed by atoms with van der Waals surface area (Å²) in [7, 11) is 1.97.